The fourth-order valence-electron chi connectivity index (χ4n) is 0.0210. The van der Waals surface area contributed by atoms with Gasteiger partial charge in [0.05, 0.1) is 0 Å². The molecule has 0 rings (SSSR count). The summed E-state index contributed by atoms with van der Waals surface area (Å²) >= 11 is 2.26. The second-order valence-corrected chi connectivity index (χ2v) is 3.24. The van der Waals surface area contributed by atoms with E-state index >= 15 is 0 Å². The van der Waals surface area contributed by atoms with E-state index in [4.69, 9.17) is 0.594 Å². The van der Waals surface area contributed by atoms with Crippen LogP contribution >= 0.6 is 33.0 Å². The van der Waals surface area contributed by atoms with Crippen LogP contribution in [0.2, 0.25) is 0 Å². The molecule has 0 saturated heterocycles. The van der Waals surface area contributed by atoms with Crippen molar-refractivity contribution in [2.75, 3.05) is 0 Å². The average Bonchev–Trinajstić information content (AvgIpc) is 1.65. The molecule has 0 N–H and O–H groups in total. The zero-order chi connectivity index (χ0) is 4.99. The molecule has 0 aromatic rings. The number of halogens is 1. The summed E-state index contributed by atoms with van der Waals surface area (Å²) in [5, 5.41) is 0.636. The van der Waals surface area contributed by atoms with Crippen LogP contribution in [0.25, 0.3) is 0 Å². The van der Waals surface area contributed by atoms with Crippen molar-refractivity contribution in [3.8, 4) is 0 Å². The summed E-state index contributed by atoms with van der Waals surface area (Å²) in [6.07, 6.45) is 0. The summed E-state index contributed by atoms with van der Waals surface area (Å²) in [4.78, 5) is 0. The third-order valence-corrected chi connectivity index (χ3v) is 1.38. The molecule has 0 aromatic carbocycles. The van der Waals surface area contributed by atoms with Gasteiger partial charge in [-0.2, -0.15) is 0 Å². The van der Waals surface area contributed by atoms with E-state index in [0.717, 1.165) is 0 Å². The van der Waals surface area contributed by atoms with Gasteiger partial charge in [0.15, 0.2) is 0 Å². The normalized spacial score (nSPS) is 11.2. The van der Waals surface area contributed by atoms with E-state index in [0.29, 0.717) is 5.01 Å². The summed E-state index contributed by atoms with van der Waals surface area (Å²) in [5.74, 6) is 0. The van der Waals surface area contributed by atoms with Crippen LogP contribution in [0.4, 0.5) is 0 Å². The Morgan fingerprint density at radius 3 is 3.00 bits per heavy atom. The van der Waals surface area contributed by atoms with Crippen molar-refractivity contribution in [3.63, 3.8) is 0 Å². The topological polar surface area (TPSA) is 17.1 Å². The minimum absolute atomic E-state index is 0.636. The molecule has 0 heterocycles. The Morgan fingerprint density at radius 2 is 3.00 bits per heavy atom. The van der Waals surface area contributed by atoms with Gasteiger partial charge in [-0.3, -0.25) is 0 Å². The average molecular weight is 202 g/mol. The first-order valence-electron chi connectivity index (χ1n) is 1.29. The van der Waals surface area contributed by atoms with Crippen molar-refractivity contribution in [1.29, 1.82) is 0.594 Å². The SMILES string of the molecule is [3H]I(B=O)C=S. The van der Waals surface area contributed by atoms with Crippen LogP contribution in [0.15, 0.2) is 0 Å². The summed E-state index contributed by atoms with van der Waals surface area (Å²) in [6.45, 7) is 0. The van der Waals surface area contributed by atoms with Crippen LogP contribution < -0.4 is 0 Å². The van der Waals surface area contributed by atoms with Gasteiger partial charge in [0.1, 0.15) is 0 Å². The summed E-state index contributed by atoms with van der Waals surface area (Å²) in [7, 11) is 0. The minimum atomic E-state index is -2.04. The van der Waals surface area contributed by atoms with Crippen molar-refractivity contribution < 1.29 is 4.70 Å². The zero-order valence-electron chi connectivity index (χ0n) is 3.35. The van der Waals surface area contributed by atoms with E-state index in [1.165, 1.54) is 3.37 Å². The van der Waals surface area contributed by atoms with Gasteiger partial charge in [-0.1, -0.05) is 0 Å². The van der Waals surface area contributed by atoms with Gasteiger partial charge in [-0.05, 0) is 0 Å². The standard InChI is InChI=1S/CH2BIOS/c4-2-3-1-5/h1,3H/i3T. The van der Waals surface area contributed by atoms with E-state index in [2.05, 4.69) is 12.2 Å². The summed E-state index contributed by atoms with van der Waals surface area (Å²) in [6, 6.07) is 0. The molecular formula is CH2BIOS. The number of hydrogen-bond donors (Lipinski definition) is 0. The molecular weight excluding hydrogens is 198 g/mol. The molecule has 5 heavy (non-hydrogen) atoms. The molecule has 0 spiro atoms. The first-order chi connectivity index (χ1) is 2.81. The van der Waals surface area contributed by atoms with Crippen molar-refractivity contribution in [3.05, 3.63) is 0 Å². The van der Waals surface area contributed by atoms with Gasteiger partial charge >= 0.3 is 46.7 Å². The molecule has 0 unspecified atom stereocenters. The van der Waals surface area contributed by atoms with Crippen molar-refractivity contribution >= 4 is 41.4 Å². The third-order valence-electron chi connectivity index (χ3n) is 0.103. The fraction of sp³-hybridized carbons (Fsp3) is 0. The van der Waals surface area contributed by atoms with E-state index in [1.54, 1.807) is 0 Å². The molecule has 0 aliphatic rings. The van der Waals surface area contributed by atoms with Gasteiger partial charge in [0.2, 0.25) is 0 Å². The number of thiocarbonyl (C=S) groups is 1. The maximum absolute atomic E-state index is 9.52. The van der Waals surface area contributed by atoms with Crippen LogP contribution in [-0.2, 0) is 4.70 Å². The van der Waals surface area contributed by atoms with Gasteiger partial charge in [-0.25, -0.2) is 0 Å². The summed E-state index contributed by atoms with van der Waals surface area (Å²) < 4.78 is 17.5. The molecule has 1 nitrogen and oxygen atoms in total. The van der Waals surface area contributed by atoms with Crippen molar-refractivity contribution in [2.24, 2.45) is 0 Å². The van der Waals surface area contributed by atoms with Gasteiger partial charge in [0.25, 0.3) is 0 Å². The van der Waals surface area contributed by atoms with Crippen LogP contribution in [0.3, 0.4) is 0 Å². The second kappa shape index (κ2) is 4.68. The molecule has 0 aromatic heterocycles. The molecule has 0 atom stereocenters. The molecule has 0 fully saturated rings. The molecule has 0 radical (unpaired) electrons. The molecule has 28 valence electrons. The molecule has 0 saturated carbocycles. The van der Waals surface area contributed by atoms with Gasteiger partial charge in [-0.15, -0.1) is 0 Å². The van der Waals surface area contributed by atoms with Gasteiger partial charge in [0, 0.05) is 0 Å². The van der Waals surface area contributed by atoms with E-state index in [-0.39, 0.29) is 0 Å². The van der Waals surface area contributed by atoms with Gasteiger partial charge < -0.3 is 0 Å². The van der Waals surface area contributed by atoms with E-state index < -0.39 is 20.8 Å². The quantitative estimate of drug-likeness (QED) is 0.282. The van der Waals surface area contributed by atoms with E-state index in [9.17, 15) is 4.70 Å². The maximum atomic E-state index is 9.52. The molecule has 0 aliphatic heterocycles. The Morgan fingerprint density at radius 1 is 2.40 bits per heavy atom. The molecule has 0 bridgehead atoms. The zero-order valence-corrected chi connectivity index (χ0v) is 5.32. The monoisotopic (exact) mass is 202 g/mol. The fourth-order valence-corrected chi connectivity index (χ4v) is 0.423. The molecule has 4 heteroatoms. The Balaban J connectivity index is 3.21. The van der Waals surface area contributed by atoms with Crippen LogP contribution in [0.5, 0.6) is 0 Å². The predicted octanol–water partition coefficient (Wildman–Crippen LogP) is 0.611. The Labute approximate surface area is 46.8 Å². The van der Waals surface area contributed by atoms with Crippen LogP contribution in [-0.4, -0.2) is 8.97 Å². The van der Waals surface area contributed by atoms with Crippen molar-refractivity contribution in [1.82, 2.24) is 0 Å². The molecule has 0 aliphatic carbocycles. The first-order valence-corrected chi connectivity index (χ1v) is 3.87. The first kappa shape index (κ1) is 3.86. The second-order valence-electron chi connectivity index (χ2n) is 0.304. The van der Waals surface area contributed by atoms with E-state index in [1.807, 2.05) is 0 Å². The van der Waals surface area contributed by atoms with Crippen molar-refractivity contribution in [2.45, 2.75) is 0 Å². The summed E-state index contributed by atoms with van der Waals surface area (Å²) in [5.41, 5.74) is 0. The Kier molecular flexibility index (Phi) is 3.62. The number of rotatable bonds is 2. The Bertz CT molecular complexity index is 60.6. The molecule has 0 amide bonds. The Hall–Kier alpha value is 0.685. The third kappa shape index (κ3) is 4.68. The van der Waals surface area contributed by atoms with Crippen LogP contribution in [0.1, 0.15) is 0 Å². The van der Waals surface area contributed by atoms with Crippen LogP contribution in [0, 0.1) is 0 Å². The number of hydrogen-bond acceptors (Lipinski definition) is 2. The predicted molar refractivity (Wildman–Crippen MR) is 35.5 cm³/mol.